The molecule has 0 bridgehead atoms. The molecule has 9 heteroatoms. The van der Waals surface area contributed by atoms with Crippen LogP contribution >= 0.6 is 12.2 Å². The van der Waals surface area contributed by atoms with Crippen LogP contribution in [0.5, 0.6) is 0 Å². The molecule has 3 N–H and O–H groups in total. The van der Waals surface area contributed by atoms with Crippen molar-refractivity contribution in [2.75, 3.05) is 19.7 Å². The number of benzene rings is 2. The second-order valence-corrected chi connectivity index (χ2v) is 9.89. The first-order valence-corrected chi connectivity index (χ1v) is 11.6. The number of nitrogens with zero attached hydrogens (tertiary/aromatic N) is 1. The van der Waals surface area contributed by atoms with Gasteiger partial charge in [-0.2, -0.15) is 0 Å². The van der Waals surface area contributed by atoms with Crippen LogP contribution in [0.25, 0.3) is 11.1 Å². The summed E-state index contributed by atoms with van der Waals surface area (Å²) in [6, 6.07) is 15.6. The lowest BCUT2D eigenvalue weighted by molar-refractivity contribution is 0.0270. The molecule has 1 saturated heterocycles. The van der Waals surface area contributed by atoms with Crippen LogP contribution in [0.3, 0.4) is 0 Å². The summed E-state index contributed by atoms with van der Waals surface area (Å²) in [5, 5.41) is 15.7. The molecule has 0 radical (unpaired) electrons. The van der Waals surface area contributed by atoms with Gasteiger partial charge in [0.1, 0.15) is 12.2 Å². The molecule has 1 heterocycles. The molecule has 34 heavy (non-hydrogen) atoms. The van der Waals surface area contributed by atoms with Gasteiger partial charge in [-0.3, -0.25) is 5.32 Å². The number of hydrogen-bond donors (Lipinski definition) is 3. The van der Waals surface area contributed by atoms with Gasteiger partial charge in [0, 0.05) is 12.5 Å². The largest absolute Gasteiger partial charge is 0.448 e. The summed E-state index contributed by atoms with van der Waals surface area (Å²) in [7, 11) is 0. The van der Waals surface area contributed by atoms with Gasteiger partial charge < -0.3 is 24.8 Å². The Kier molecular flexibility index (Phi) is 6.77. The Hall–Kier alpha value is -3.17. The lowest BCUT2D eigenvalue weighted by Crippen LogP contribution is -2.49. The number of aliphatic hydroxyl groups excluding tert-OH is 1. The first kappa shape index (κ1) is 24.0. The molecule has 1 aliphatic heterocycles. The van der Waals surface area contributed by atoms with Crippen molar-refractivity contribution < 1.29 is 24.2 Å². The molecule has 0 unspecified atom stereocenters. The quantitative estimate of drug-likeness (QED) is 0.576. The van der Waals surface area contributed by atoms with E-state index in [9.17, 15) is 14.7 Å². The molecule has 2 aromatic carbocycles. The molecule has 2 aliphatic rings. The maximum Gasteiger partial charge on any atom is 0.413 e. The molecule has 180 valence electrons. The van der Waals surface area contributed by atoms with Gasteiger partial charge >= 0.3 is 12.2 Å². The van der Waals surface area contributed by atoms with E-state index in [1.54, 1.807) is 20.8 Å². The fourth-order valence-electron chi connectivity index (χ4n) is 4.34. The molecule has 2 atom stereocenters. The van der Waals surface area contributed by atoms with E-state index in [1.165, 1.54) is 4.90 Å². The lowest BCUT2D eigenvalue weighted by atomic mass is 9.98. The Morgan fingerprint density at radius 2 is 1.65 bits per heavy atom. The van der Waals surface area contributed by atoms with E-state index in [1.807, 2.05) is 36.4 Å². The van der Waals surface area contributed by atoms with Crippen LogP contribution in [0, 0.1) is 0 Å². The van der Waals surface area contributed by atoms with Crippen molar-refractivity contribution in [3.63, 3.8) is 0 Å². The average molecular weight is 484 g/mol. The standard InChI is InChI=1S/C25H29N3O5S/c1-25(2,3)33-24(31)28-12-20(21(29)13-28)26-22(34)27-23(30)32-14-19-17-10-6-4-8-15(17)16-9-5-7-11-18(16)19/h4-11,19-21,29H,12-14H2,1-3H3,(H2,26,27,30,34)/t20-,21-/m0/s1. The van der Waals surface area contributed by atoms with Crippen molar-refractivity contribution >= 4 is 29.5 Å². The van der Waals surface area contributed by atoms with Crippen molar-refractivity contribution in [1.82, 2.24) is 15.5 Å². The summed E-state index contributed by atoms with van der Waals surface area (Å²) < 4.78 is 10.8. The highest BCUT2D eigenvalue weighted by atomic mass is 32.1. The Balaban J connectivity index is 1.29. The second-order valence-electron chi connectivity index (χ2n) is 9.48. The minimum Gasteiger partial charge on any atom is -0.448 e. The molecule has 0 spiro atoms. The van der Waals surface area contributed by atoms with Gasteiger partial charge in [0.05, 0.1) is 18.7 Å². The summed E-state index contributed by atoms with van der Waals surface area (Å²) >= 11 is 5.22. The molecular weight excluding hydrogens is 454 g/mol. The first-order chi connectivity index (χ1) is 16.1. The predicted molar refractivity (Wildman–Crippen MR) is 132 cm³/mol. The highest BCUT2D eigenvalue weighted by Gasteiger charge is 2.37. The van der Waals surface area contributed by atoms with E-state index < -0.39 is 29.9 Å². The number of aliphatic hydroxyl groups is 1. The molecule has 2 amide bonds. The van der Waals surface area contributed by atoms with Gasteiger partial charge in [0.25, 0.3) is 0 Å². The summed E-state index contributed by atoms with van der Waals surface area (Å²) in [6.45, 7) is 5.81. The topological polar surface area (TPSA) is 100 Å². The maximum atomic E-state index is 12.4. The minimum atomic E-state index is -0.852. The Morgan fingerprint density at radius 1 is 1.06 bits per heavy atom. The smallest absolute Gasteiger partial charge is 0.413 e. The van der Waals surface area contributed by atoms with Gasteiger partial charge in [-0.05, 0) is 55.2 Å². The Bertz CT molecular complexity index is 1050. The van der Waals surface area contributed by atoms with Gasteiger partial charge in [0.2, 0.25) is 0 Å². The van der Waals surface area contributed by atoms with Crippen LogP contribution in [-0.4, -0.2) is 64.7 Å². The van der Waals surface area contributed by atoms with E-state index in [4.69, 9.17) is 21.7 Å². The molecule has 1 aliphatic carbocycles. The van der Waals surface area contributed by atoms with Gasteiger partial charge in [-0.25, -0.2) is 9.59 Å². The molecule has 0 saturated carbocycles. The zero-order chi connectivity index (χ0) is 24.5. The van der Waals surface area contributed by atoms with Crippen LogP contribution in [0.4, 0.5) is 9.59 Å². The van der Waals surface area contributed by atoms with E-state index >= 15 is 0 Å². The number of likely N-dealkylation sites (tertiary alicyclic amines) is 1. The Morgan fingerprint density at radius 3 is 2.24 bits per heavy atom. The average Bonchev–Trinajstić information content (AvgIpc) is 3.29. The van der Waals surface area contributed by atoms with E-state index in [0.717, 1.165) is 22.3 Å². The highest BCUT2D eigenvalue weighted by molar-refractivity contribution is 7.80. The minimum absolute atomic E-state index is 0.0207. The maximum absolute atomic E-state index is 12.4. The third-order valence-corrected chi connectivity index (χ3v) is 6.04. The number of hydrogen-bond acceptors (Lipinski definition) is 6. The van der Waals surface area contributed by atoms with Gasteiger partial charge in [-0.1, -0.05) is 48.5 Å². The molecule has 0 aromatic heterocycles. The fourth-order valence-corrected chi connectivity index (χ4v) is 4.57. The molecule has 1 fully saturated rings. The van der Waals surface area contributed by atoms with Crippen LogP contribution in [0.15, 0.2) is 48.5 Å². The number of carbonyl (C=O) groups excluding carboxylic acids is 2. The summed E-state index contributed by atoms with van der Waals surface area (Å²) in [5.74, 6) is -0.0567. The highest BCUT2D eigenvalue weighted by Crippen LogP contribution is 2.44. The van der Waals surface area contributed by atoms with Crippen LogP contribution in [-0.2, 0) is 9.47 Å². The van der Waals surface area contributed by atoms with Crippen molar-refractivity contribution in [3.8, 4) is 11.1 Å². The number of ether oxygens (including phenoxy) is 2. The van der Waals surface area contributed by atoms with Crippen LogP contribution in [0.1, 0.15) is 37.8 Å². The zero-order valence-corrected chi connectivity index (χ0v) is 20.2. The molecule has 4 rings (SSSR count). The van der Waals surface area contributed by atoms with Crippen LogP contribution in [0.2, 0.25) is 0 Å². The zero-order valence-electron chi connectivity index (χ0n) is 19.4. The molecular formula is C25H29N3O5S. The number of fused-ring (bicyclic) bond motifs is 3. The van der Waals surface area contributed by atoms with E-state index in [0.29, 0.717) is 0 Å². The third kappa shape index (κ3) is 5.31. The number of β-amino-alcohol motifs (C(OH)–C–C–N with tert-alkyl or cyclic N) is 1. The van der Waals surface area contributed by atoms with Crippen molar-refractivity contribution in [1.29, 1.82) is 0 Å². The number of nitrogens with one attached hydrogen (secondary N) is 2. The second kappa shape index (κ2) is 9.60. The fraction of sp³-hybridized carbons (Fsp3) is 0.400. The van der Waals surface area contributed by atoms with Gasteiger partial charge in [-0.15, -0.1) is 0 Å². The number of rotatable bonds is 3. The number of amides is 2. The number of alkyl carbamates (subject to hydrolysis) is 1. The Labute approximate surface area is 204 Å². The number of thiocarbonyl (C=S) groups is 1. The normalized spacial score (nSPS) is 19.2. The predicted octanol–water partition coefficient (Wildman–Crippen LogP) is 3.38. The van der Waals surface area contributed by atoms with Crippen molar-refractivity contribution in [2.45, 2.75) is 44.4 Å². The van der Waals surface area contributed by atoms with Gasteiger partial charge in [0.15, 0.2) is 5.11 Å². The summed E-state index contributed by atoms with van der Waals surface area (Å²) in [6.07, 6.45) is -2.04. The third-order valence-electron chi connectivity index (χ3n) is 5.82. The van der Waals surface area contributed by atoms with Crippen LogP contribution < -0.4 is 10.6 Å². The van der Waals surface area contributed by atoms with Crippen molar-refractivity contribution in [3.05, 3.63) is 59.7 Å². The molecule has 8 nitrogen and oxygen atoms in total. The number of carbonyl (C=O) groups is 2. The summed E-state index contributed by atoms with van der Waals surface area (Å²) in [5.41, 5.74) is 3.90. The lowest BCUT2D eigenvalue weighted by Gasteiger charge is -2.24. The summed E-state index contributed by atoms with van der Waals surface area (Å²) in [4.78, 5) is 26.1. The van der Waals surface area contributed by atoms with E-state index in [-0.39, 0.29) is 30.7 Å². The monoisotopic (exact) mass is 483 g/mol. The first-order valence-electron chi connectivity index (χ1n) is 11.2. The SMILES string of the molecule is CC(C)(C)OC(=O)N1C[C@H](NC(=S)NC(=O)OCC2c3ccccc3-c3ccccc32)[C@@H](O)C1. The molecule has 2 aromatic rings. The van der Waals surface area contributed by atoms with E-state index in [2.05, 4.69) is 22.8 Å². The van der Waals surface area contributed by atoms with Crippen molar-refractivity contribution in [2.24, 2.45) is 0 Å².